The van der Waals surface area contributed by atoms with E-state index in [1.807, 2.05) is 20.8 Å². The molecule has 124 valence electrons. The van der Waals surface area contributed by atoms with Crippen molar-refractivity contribution in [2.24, 2.45) is 0 Å². The van der Waals surface area contributed by atoms with Gasteiger partial charge < -0.3 is 5.73 Å². The molecule has 0 aliphatic heterocycles. The van der Waals surface area contributed by atoms with Crippen LogP contribution in [0.15, 0.2) is 35.4 Å². The average Bonchev–Trinajstić information content (AvgIpc) is 2.46. The number of anilines is 1. The molecular weight excluding hydrogens is 312 g/mol. The van der Waals surface area contributed by atoms with Gasteiger partial charge in [-0.15, -0.1) is 0 Å². The Morgan fingerprint density at radius 2 is 1.83 bits per heavy atom. The Morgan fingerprint density at radius 3 is 2.39 bits per heavy atom. The molecule has 0 unspecified atom stereocenters. The molecule has 0 bridgehead atoms. The summed E-state index contributed by atoms with van der Waals surface area (Å²) in [7, 11) is -0.488. The number of sulfonamides is 1. The second kappa shape index (κ2) is 5.90. The highest BCUT2D eigenvalue weighted by molar-refractivity contribution is 7.89. The van der Waals surface area contributed by atoms with Gasteiger partial charge in [-0.1, -0.05) is 32.9 Å². The summed E-state index contributed by atoms with van der Waals surface area (Å²) >= 11 is 0. The third-order valence-electron chi connectivity index (χ3n) is 3.42. The molecule has 2 N–H and O–H groups in total. The number of hydrogen-bond acceptors (Lipinski definition) is 5. The van der Waals surface area contributed by atoms with Crippen LogP contribution in [0.25, 0.3) is 11.3 Å². The molecule has 0 saturated heterocycles. The summed E-state index contributed by atoms with van der Waals surface area (Å²) in [6.07, 6.45) is 1.56. The predicted molar refractivity (Wildman–Crippen MR) is 91.5 cm³/mol. The maximum absolute atomic E-state index is 12.3. The minimum absolute atomic E-state index is 0.218. The van der Waals surface area contributed by atoms with Gasteiger partial charge in [-0.2, -0.15) is 0 Å². The molecule has 0 amide bonds. The van der Waals surface area contributed by atoms with E-state index in [2.05, 4.69) is 9.97 Å². The maximum atomic E-state index is 12.3. The second-order valence-corrected chi connectivity index (χ2v) is 8.71. The number of nitrogens with two attached hydrogens (primary N) is 1. The minimum atomic E-state index is -3.49. The fourth-order valence-corrected chi connectivity index (χ4v) is 3.06. The zero-order chi connectivity index (χ0) is 17.4. The predicted octanol–water partition coefficient (Wildman–Crippen LogP) is 2.27. The Hall–Kier alpha value is -1.99. The summed E-state index contributed by atoms with van der Waals surface area (Å²) in [5, 5.41) is 0. The van der Waals surface area contributed by atoms with E-state index >= 15 is 0 Å². The molecule has 23 heavy (non-hydrogen) atoms. The lowest BCUT2D eigenvalue weighted by Crippen LogP contribution is -2.22. The van der Waals surface area contributed by atoms with Crippen LogP contribution in [0.3, 0.4) is 0 Å². The normalized spacial score (nSPS) is 12.6. The molecule has 0 saturated carbocycles. The van der Waals surface area contributed by atoms with Gasteiger partial charge in [0.05, 0.1) is 22.5 Å². The first-order chi connectivity index (χ1) is 10.5. The fourth-order valence-electron chi connectivity index (χ4n) is 2.12. The van der Waals surface area contributed by atoms with E-state index in [9.17, 15) is 8.42 Å². The van der Waals surface area contributed by atoms with Crippen molar-refractivity contribution in [3.05, 3.63) is 36.2 Å². The summed E-state index contributed by atoms with van der Waals surface area (Å²) in [4.78, 5) is 9.01. The molecule has 6 nitrogen and oxygen atoms in total. The molecule has 0 aliphatic rings. The minimum Gasteiger partial charge on any atom is -0.382 e. The number of rotatable bonds is 3. The molecule has 1 aromatic heterocycles. The van der Waals surface area contributed by atoms with E-state index in [4.69, 9.17) is 5.73 Å². The molecule has 7 heteroatoms. The number of nitrogens with zero attached hydrogens (tertiary/aromatic N) is 3. The van der Waals surface area contributed by atoms with E-state index in [-0.39, 0.29) is 10.3 Å². The molecule has 2 rings (SSSR count). The average molecular weight is 334 g/mol. The largest absolute Gasteiger partial charge is 0.382 e. The van der Waals surface area contributed by atoms with Crippen LogP contribution in [0, 0.1) is 0 Å². The Bertz CT molecular complexity index is 824. The second-order valence-electron chi connectivity index (χ2n) is 6.55. The molecule has 0 fully saturated rings. The first-order valence-corrected chi connectivity index (χ1v) is 8.63. The van der Waals surface area contributed by atoms with Crippen molar-refractivity contribution in [3.63, 3.8) is 0 Å². The third kappa shape index (κ3) is 3.51. The van der Waals surface area contributed by atoms with Crippen LogP contribution < -0.4 is 5.73 Å². The first-order valence-electron chi connectivity index (χ1n) is 7.19. The molecule has 0 radical (unpaired) electrons. The van der Waals surface area contributed by atoms with Gasteiger partial charge >= 0.3 is 0 Å². The van der Waals surface area contributed by atoms with Gasteiger partial charge in [-0.25, -0.2) is 22.7 Å². The zero-order valence-corrected chi connectivity index (χ0v) is 14.8. The number of nitrogen functional groups attached to an aromatic ring is 1. The Balaban J connectivity index is 2.57. The van der Waals surface area contributed by atoms with Crippen LogP contribution in [-0.2, 0) is 15.4 Å². The van der Waals surface area contributed by atoms with Gasteiger partial charge in [0.2, 0.25) is 10.0 Å². The van der Waals surface area contributed by atoms with Gasteiger partial charge in [0.25, 0.3) is 0 Å². The molecule has 1 aromatic carbocycles. The summed E-state index contributed by atoms with van der Waals surface area (Å²) in [5.41, 5.74) is 7.64. The Labute approximate surface area is 137 Å². The number of benzene rings is 1. The van der Waals surface area contributed by atoms with Crippen molar-refractivity contribution < 1.29 is 8.42 Å². The van der Waals surface area contributed by atoms with E-state index in [1.165, 1.54) is 18.4 Å². The quantitative estimate of drug-likeness (QED) is 0.930. The Kier molecular flexibility index (Phi) is 4.45. The lowest BCUT2D eigenvalue weighted by atomic mass is 9.91. The van der Waals surface area contributed by atoms with Crippen molar-refractivity contribution in [3.8, 4) is 11.3 Å². The summed E-state index contributed by atoms with van der Waals surface area (Å²) in [6, 6.07) is 6.66. The molecule has 2 aromatic rings. The van der Waals surface area contributed by atoms with Gasteiger partial charge in [0.1, 0.15) is 5.82 Å². The lowest BCUT2D eigenvalue weighted by Gasteiger charge is -2.20. The highest BCUT2D eigenvalue weighted by Gasteiger charge is 2.22. The maximum Gasteiger partial charge on any atom is 0.242 e. The van der Waals surface area contributed by atoms with E-state index in [1.54, 1.807) is 30.5 Å². The summed E-state index contributed by atoms with van der Waals surface area (Å²) in [5.74, 6) is 0.387. The van der Waals surface area contributed by atoms with Crippen LogP contribution in [0.1, 0.15) is 26.5 Å². The van der Waals surface area contributed by atoms with Crippen LogP contribution in [0.2, 0.25) is 0 Å². The van der Waals surface area contributed by atoms with Gasteiger partial charge in [0, 0.05) is 25.1 Å². The molecule has 1 heterocycles. The molecule has 0 aliphatic carbocycles. The highest BCUT2D eigenvalue weighted by Crippen LogP contribution is 2.28. The van der Waals surface area contributed by atoms with Gasteiger partial charge in [0.15, 0.2) is 0 Å². The fraction of sp³-hybridized carbons (Fsp3) is 0.375. The molecular formula is C16H22N4O2S. The van der Waals surface area contributed by atoms with Crippen LogP contribution >= 0.6 is 0 Å². The number of aromatic nitrogens is 2. The Morgan fingerprint density at radius 1 is 1.17 bits per heavy atom. The number of hydrogen-bond donors (Lipinski definition) is 1. The highest BCUT2D eigenvalue weighted by atomic mass is 32.2. The third-order valence-corrected chi connectivity index (χ3v) is 5.23. The smallest absolute Gasteiger partial charge is 0.242 e. The first kappa shape index (κ1) is 17.4. The topological polar surface area (TPSA) is 89.2 Å². The standard InChI is InChI=1S/C16H22N4O2S/c1-16(2,3)14-15(17)18-10-13(19-14)11-7-6-8-12(9-11)23(21,22)20(4)5/h6-10H,1-5H3,(H2,17,18). The summed E-state index contributed by atoms with van der Waals surface area (Å²) in [6.45, 7) is 6.01. The zero-order valence-electron chi connectivity index (χ0n) is 14.0. The summed E-state index contributed by atoms with van der Waals surface area (Å²) < 4.78 is 25.7. The monoisotopic (exact) mass is 334 g/mol. The van der Waals surface area contributed by atoms with Crippen molar-refractivity contribution in [2.45, 2.75) is 31.1 Å². The van der Waals surface area contributed by atoms with Gasteiger partial charge in [-0.05, 0) is 12.1 Å². The van der Waals surface area contributed by atoms with Crippen LogP contribution in [-0.4, -0.2) is 36.8 Å². The van der Waals surface area contributed by atoms with Crippen LogP contribution in [0.5, 0.6) is 0 Å². The lowest BCUT2D eigenvalue weighted by molar-refractivity contribution is 0.521. The van der Waals surface area contributed by atoms with Crippen molar-refractivity contribution in [1.82, 2.24) is 14.3 Å². The molecule has 0 spiro atoms. The van der Waals surface area contributed by atoms with E-state index < -0.39 is 10.0 Å². The van der Waals surface area contributed by atoms with Crippen LogP contribution in [0.4, 0.5) is 5.82 Å². The van der Waals surface area contributed by atoms with Crippen molar-refractivity contribution in [1.29, 1.82) is 0 Å². The van der Waals surface area contributed by atoms with Gasteiger partial charge in [-0.3, -0.25) is 0 Å². The van der Waals surface area contributed by atoms with E-state index in [0.717, 1.165) is 0 Å². The SMILES string of the molecule is CN(C)S(=O)(=O)c1cccc(-c2cnc(N)c(C(C)(C)C)n2)c1. The van der Waals surface area contributed by atoms with Crippen molar-refractivity contribution >= 4 is 15.8 Å². The van der Waals surface area contributed by atoms with Crippen molar-refractivity contribution in [2.75, 3.05) is 19.8 Å². The molecule has 0 atom stereocenters. The van der Waals surface area contributed by atoms with E-state index in [0.29, 0.717) is 22.8 Å².